The van der Waals surface area contributed by atoms with Gasteiger partial charge in [0.25, 0.3) is 0 Å². The van der Waals surface area contributed by atoms with Crippen molar-refractivity contribution in [2.45, 2.75) is 19.5 Å². The van der Waals surface area contributed by atoms with Crippen molar-refractivity contribution in [3.05, 3.63) is 53.1 Å². The number of amides is 2. The Hall–Kier alpha value is -2.98. The third-order valence-electron chi connectivity index (χ3n) is 5.03. The number of nitrogens with one attached hydrogen (secondary N) is 1. The van der Waals surface area contributed by atoms with Gasteiger partial charge in [-0.2, -0.15) is 0 Å². The van der Waals surface area contributed by atoms with Crippen LogP contribution in [0, 0.1) is 0 Å². The predicted octanol–water partition coefficient (Wildman–Crippen LogP) is 2.29. The zero-order valence-electron chi connectivity index (χ0n) is 19.2. The zero-order chi connectivity index (χ0) is 24.8. The lowest BCUT2D eigenvalue weighted by molar-refractivity contribution is -0.139. The van der Waals surface area contributed by atoms with E-state index in [9.17, 15) is 18.0 Å². The molecule has 0 unspecified atom stereocenters. The Morgan fingerprint density at radius 3 is 2.21 bits per heavy atom. The van der Waals surface area contributed by atoms with Crippen molar-refractivity contribution in [3.8, 4) is 11.5 Å². The molecule has 2 aromatic rings. The topological polar surface area (TPSA) is 105 Å². The molecule has 0 radical (unpaired) electrons. The summed E-state index contributed by atoms with van der Waals surface area (Å²) in [6.07, 6.45) is 0.994. The lowest BCUT2D eigenvalue weighted by atomic mass is 10.1. The van der Waals surface area contributed by atoms with Gasteiger partial charge in [0.1, 0.15) is 24.1 Å². The number of carbonyl (C=O) groups excluding carboxylic acids is 2. The number of halogens is 1. The summed E-state index contributed by atoms with van der Waals surface area (Å²) in [5.41, 5.74) is 0.951. The van der Waals surface area contributed by atoms with Crippen LogP contribution in [0.5, 0.6) is 11.5 Å². The number of benzene rings is 2. The number of sulfonamides is 1. The number of carbonyl (C=O) groups is 2. The van der Waals surface area contributed by atoms with E-state index in [1.807, 2.05) is 0 Å². The van der Waals surface area contributed by atoms with Gasteiger partial charge >= 0.3 is 0 Å². The monoisotopic (exact) mass is 497 g/mol. The summed E-state index contributed by atoms with van der Waals surface area (Å²) in [6, 6.07) is 10.6. The highest BCUT2D eigenvalue weighted by Crippen LogP contribution is 2.30. The third kappa shape index (κ3) is 6.75. The number of anilines is 1. The van der Waals surface area contributed by atoms with Crippen LogP contribution in [0.3, 0.4) is 0 Å². The number of ether oxygens (including phenoxy) is 2. The highest BCUT2D eigenvalue weighted by atomic mass is 35.5. The molecule has 0 fully saturated rings. The maximum atomic E-state index is 13.3. The van der Waals surface area contributed by atoms with Crippen LogP contribution in [-0.2, 0) is 26.2 Å². The number of rotatable bonds is 10. The van der Waals surface area contributed by atoms with Crippen LogP contribution in [0.15, 0.2) is 42.5 Å². The smallest absolute Gasteiger partial charge is 0.244 e. The van der Waals surface area contributed by atoms with Gasteiger partial charge in [0.15, 0.2) is 0 Å². The summed E-state index contributed by atoms with van der Waals surface area (Å²) in [6.45, 7) is 1.16. The van der Waals surface area contributed by atoms with E-state index in [1.54, 1.807) is 38.3 Å². The molecule has 0 saturated heterocycles. The summed E-state index contributed by atoms with van der Waals surface area (Å²) in [5, 5.41) is 2.72. The quantitative estimate of drug-likeness (QED) is 0.540. The van der Waals surface area contributed by atoms with Crippen LogP contribution in [-0.4, -0.2) is 65.2 Å². The number of methoxy groups -OCH3 is 2. The lowest BCUT2D eigenvalue weighted by Crippen LogP contribution is -2.50. The van der Waals surface area contributed by atoms with Crippen LogP contribution in [0.25, 0.3) is 0 Å². The second-order valence-corrected chi connectivity index (χ2v) is 9.56. The summed E-state index contributed by atoms with van der Waals surface area (Å²) in [4.78, 5) is 27.0. The molecule has 1 atom stereocenters. The van der Waals surface area contributed by atoms with Crippen molar-refractivity contribution in [1.29, 1.82) is 0 Å². The molecule has 33 heavy (non-hydrogen) atoms. The van der Waals surface area contributed by atoms with Crippen molar-refractivity contribution >= 4 is 39.1 Å². The predicted molar refractivity (Wildman–Crippen MR) is 127 cm³/mol. The third-order valence-corrected chi connectivity index (χ3v) is 6.46. The molecule has 0 saturated carbocycles. The van der Waals surface area contributed by atoms with Gasteiger partial charge in [-0.15, -0.1) is 0 Å². The molecule has 0 aliphatic carbocycles. The summed E-state index contributed by atoms with van der Waals surface area (Å²) in [5.74, 6) is 0.0831. The first-order chi connectivity index (χ1) is 15.5. The number of hydrogen-bond acceptors (Lipinski definition) is 6. The maximum absolute atomic E-state index is 13.3. The fraction of sp³-hybridized carbons (Fsp3) is 0.364. The zero-order valence-corrected chi connectivity index (χ0v) is 20.7. The van der Waals surface area contributed by atoms with Gasteiger partial charge in [0, 0.05) is 13.6 Å². The van der Waals surface area contributed by atoms with Crippen LogP contribution in [0.1, 0.15) is 12.5 Å². The van der Waals surface area contributed by atoms with Gasteiger partial charge < -0.3 is 19.7 Å². The average molecular weight is 498 g/mol. The largest absolute Gasteiger partial charge is 0.497 e. The molecule has 0 spiro atoms. The fourth-order valence-electron chi connectivity index (χ4n) is 3.14. The molecule has 2 aromatic carbocycles. The second-order valence-electron chi connectivity index (χ2n) is 7.25. The van der Waals surface area contributed by atoms with Crippen LogP contribution in [0.4, 0.5) is 5.69 Å². The molecule has 9 nitrogen and oxygen atoms in total. The highest BCUT2D eigenvalue weighted by Gasteiger charge is 2.30. The van der Waals surface area contributed by atoms with Crippen molar-refractivity contribution in [1.82, 2.24) is 10.2 Å². The minimum atomic E-state index is -3.85. The maximum Gasteiger partial charge on any atom is 0.244 e. The molecule has 11 heteroatoms. The first kappa shape index (κ1) is 26.3. The molecule has 1 N–H and O–H groups in total. The Kier molecular flexibility index (Phi) is 8.95. The van der Waals surface area contributed by atoms with Gasteiger partial charge in [-0.1, -0.05) is 23.7 Å². The second kappa shape index (κ2) is 11.2. The molecule has 0 aliphatic rings. The molecule has 180 valence electrons. The molecule has 0 bridgehead atoms. The van der Waals surface area contributed by atoms with E-state index in [4.69, 9.17) is 21.1 Å². The van der Waals surface area contributed by atoms with E-state index in [2.05, 4.69) is 5.32 Å². The lowest BCUT2D eigenvalue weighted by Gasteiger charge is -2.31. The Morgan fingerprint density at radius 1 is 1.09 bits per heavy atom. The molecule has 2 amide bonds. The molecule has 0 aromatic heterocycles. The summed E-state index contributed by atoms with van der Waals surface area (Å²) < 4.78 is 36.3. The van der Waals surface area contributed by atoms with E-state index in [-0.39, 0.29) is 23.2 Å². The van der Waals surface area contributed by atoms with E-state index in [0.717, 1.165) is 16.1 Å². The van der Waals surface area contributed by atoms with Crippen molar-refractivity contribution in [3.63, 3.8) is 0 Å². The Bertz CT molecular complexity index is 1090. The van der Waals surface area contributed by atoms with Crippen molar-refractivity contribution in [2.75, 3.05) is 38.4 Å². The van der Waals surface area contributed by atoms with Crippen molar-refractivity contribution < 1.29 is 27.5 Å². The first-order valence-corrected chi connectivity index (χ1v) is 12.2. The van der Waals surface area contributed by atoms with Gasteiger partial charge in [-0.25, -0.2) is 8.42 Å². The van der Waals surface area contributed by atoms with E-state index in [0.29, 0.717) is 11.5 Å². The molecular formula is C22H28ClN3O6S. The van der Waals surface area contributed by atoms with Gasteiger partial charge in [-0.3, -0.25) is 13.9 Å². The standard InChI is InChI=1S/C22H28ClN3O6S/c1-15(22(28)24-2)25(13-16-6-9-18(31-3)10-7-16)21(27)14-26(33(5,29)30)17-8-11-20(32-4)19(23)12-17/h6-12,15H,13-14H2,1-5H3,(H,24,28)/t15-/m0/s1. The highest BCUT2D eigenvalue weighted by molar-refractivity contribution is 7.92. The van der Waals surface area contributed by atoms with Crippen LogP contribution >= 0.6 is 11.6 Å². The van der Waals surface area contributed by atoms with Gasteiger partial charge in [-0.05, 0) is 42.8 Å². The van der Waals surface area contributed by atoms with E-state index in [1.165, 1.54) is 37.3 Å². The minimum absolute atomic E-state index is 0.0956. The molecule has 0 aliphatic heterocycles. The number of hydrogen-bond donors (Lipinski definition) is 1. The molecule has 2 rings (SSSR count). The van der Waals surface area contributed by atoms with Gasteiger partial charge in [0.05, 0.1) is 31.2 Å². The molecular weight excluding hydrogens is 470 g/mol. The Labute approximate surface area is 199 Å². The Balaban J connectivity index is 2.39. The summed E-state index contributed by atoms with van der Waals surface area (Å²) in [7, 11) is 0.608. The van der Waals surface area contributed by atoms with Crippen molar-refractivity contribution in [2.24, 2.45) is 0 Å². The van der Waals surface area contributed by atoms with Gasteiger partial charge in [0.2, 0.25) is 21.8 Å². The SMILES string of the molecule is CNC(=O)[C@H](C)N(Cc1ccc(OC)cc1)C(=O)CN(c1ccc(OC)c(Cl)c1)S(C)(=O)=O. The van der Waals surface area contributed by atoms with Crippen LogP contribution < -0.4 is 19.1 Å². The first-order valence-electron chi connectivity index (χ1n) is 9.97. The fourth-order valence-corrected chi connectivity index (χ4v) is 4.24. The van der Waals surface area contributed by atoms with E-state index < -0.39 is 28.5 Å². The van der Waals surface area contributed by atoms with E-state index >= 15 is 0 Å². The minimum Gasteiger partial charge on any atom is -0.497 e. The average Bonchev–Trinajstić information content (AvgIpc) is 2.79. The van der Waals surface area contributed by atoms with Crippen LogP contribution in [0.2, 0.25) is 5.02 Å². The normalized spacial score (nSPS) is 11.9. The molecule has 0 heterocycles. The number of nitrogens with zero attached hydrogens (tertiary/aromatic N) is 2. The summed E-state index contributed by atoms with van der Waals surface area (Å²) >= 11 is 6.16. The number of likely N-dealkylation sites (N-methyl/N-ethyl adjacent to an activating group) is 1. The Morgan fingerprint density at radius 2 is 1.73 bits per heavy atom.